The molecule has 2 heterocycles. The molecule has 1 aliphatic rings. The number of amides is 1. The zero-order valence-electron chi connectivity index (χ0n) is 17.9. The van der Waals surface area contributed by atoms with E-state index < -0.39 is 10.0 Å². The van der Waals surface area contributed by atoms with E-state index in [9.17, 15) is 13.2 Å². The number of carbonyl (C=O) groups is 1. The maximum absolute atomic E-state index is 12.9. The molecule has 0 unspecified atom stereocenters. The Morgan fingerprint density at radius 1 is 0.909 bits per heavy atom. The highest BCUT2D eigenvalue weighted by atomic mass is 32.2. The van der Waals surface area contributed by atoms with E-state index in [2.05, 4.69) is 10.3 Å². The molecule has 8 heteroatoms. The summed E-state index contributed by atoms with van der Waals surface area (Å²) in [5, 5.41) is 3.78. The van der Waals surface area contributed by atoms with Gasteiger partial charge in [0.1, 0.15) is 5.01 Å². The summed E-state index contributed by atoms with van der Waals surface area (Å²) < 4.78 is 28.5. The van der Waals surface area contributed by atoms with Gasteiger partial charge in [-0.1, -0.05) is 24.6 Å². The fraction of sp³-hybridized carbons (Fsp3) is 0.200. The number of rotatable bonds is 5. The molecule has 0 bridgehead atoms. The lowest BCUT2D eigenvalue weighted by molar-refractivity contribution is 0.102. The summed E-state index contributed by atoms with van der Waals surface area (Å²) >= 11 is 1.62. The maximum Gasteiger partial charge on any atom is 0.255 e. The molecular formula is C25H23N3O3S2. The molecule has 4 aromatic rings. The standard InChI is InChI=1S/C25H23N3O3S2/c29-24(19-7-6-8-21(17-19)33(30,31)28-15-4-1-5-16-28)26-20-13-11-18(12-14-20)25-27-22-9-2-3-10-23(22)32-25/h2-3,6-14,17H,1,4-5,15-16H2,(H,26,29). The molecule has 0 saturated carbocycles. The number of fused-ring (bicyclic) bond motifs is 1. The van der Waals surface area contributed by atoms with E-state index in [1.54, 1.807) is 29.5 Å². The minimum Gasteiger partial charge on any atom is -0.322 e. The summed E-state index contributed by atoms with van der Waals surface area (Å²) in [7, 11) is -3.59. The lowest BCUT2D eigenvalue weighted by Crippen LogP contribution is -2.35. The van der Waals surface area contributed by atoms with E-state index in [0.29, 0.717) is 24.3 Å². The van der Waals surface area contributed by atoms with Gasteiger partial charge in [-0.3, -0.25) is 4.79 Å². The smallest absolute Gasteiger partial charge is 0.255 e. The van der Waals surface area contributed by atoms with Gasteiger partial charge >= 0.3 is 0 Å². The second kappa shape index (κ2) is 9.05. The van der Waals surface area contributed by atoms with Crippen LogP contribution in [0.25, 0.3) is 20.8 Å². The average molecular weight is 478 g/mol. The van der Waals surface area contributed by atoms with Crippen molar-refractivity contribution in [2.75, 3.05) is 18.4 Å². The monoisotopic (exact) mass is 477 g/mol. The Morgan fingerprint density at radius 2 is 1.67 bits per heavy atom. The van der Waals surface area contributed by atoms with Gasteiger partial charge in [0.25, 0.3) is 5.91 Å². The Labute approximate surface area is 197 Å². The SMILES string of the molecule is O=C(Nc1ccc(-c2nc3ccccc3s2)cc1)c1cccc(S(=O)(=O)N2CCCCC2)c1. The van der Waals surface area contributed by atoms with E-state index in [1.807, 2.05) is 48.5 Å². The van der Waals surface area contributed by atoms with Crippen molar-refractivity contribution in [2.45, 2.75) is 24.2 Å². The molecule has 3 aromatic carbocycles. The summed E-state index contributed by atoms with van der Waals surface area (Å²) in [4.78, 5) is 17.6. The van der Waals surface area contributed by atoms with Crippen molar-refractivity contribution in [3.8, 4) is 10.6 Å². The predicted octanol–water partition coefficient (Wildman–Crippen LogP) is 5.39. The molecule has 1 aromatic heterocycles. The maximum atomic E-state index is 12.9. The lowest BCUT2D eigenvalue weighted by atomic mass is 10.2. The number of thiazole rings is 1. The van der Waals surface area contributed by atoms with Crippen molar-refractivity contribution in [3.63, 3.8) is 0 Å². The number of aromatic nitrogens is 1. The number of carbonyl (C=O) groups excluding carboxylic acids is 1. The largest absolute Gasteiger partial charge is 0.322 e. The van der Waals surface area contributed by atoms with Crippen LogP contribution < -0.4 is 5.32 Å². The molecule has 0 spiro atoms. The molecule has 6 nitrogen and oxygen atoms in total. The van der Waals surface area contributed by atoms with E-state index in [-0.39, 0.29) is 10.8 Å². The minimum atomic E-state index is -3.59. The van der Waals surface area contributed by atoms with Crippen LogP contribution in [0, 0.1) is 0 Å². The van der Waals surface area contributed by atoms with Gasteiger partial charge in [0, 0.05) is 29.9 Å². The van der Waals surface area contributed by atoms with Crippen LogP contribution in [0.1, 0.15) is 29.6 Å². The quantitative estimate of drug-likeness (QED) is 0.418. The number of hydrogen-bond donors (Lipinski definition) is 1. The Bertz CT molecular complexity index is 1370. The average Bonchev–Trinajstić information content (AvgIpc) is 3.29. The molecule has 168 valence electrons. The molecule has 0 radical (unpaired) electrons. The van der Waals surface area contributed by atoms with E-state index >= 15 is 0 Å². The van der Waals surface area contributed by atoms with Crippen LogP contribution in [0.5, 0.6) is 0 Å². The van der Waals surface area contributed by atoms with Gasteiger partial charge in [-0.05, 0) is 67.4 Å². The van der Waals surface area contributed by atoms with Crippen molar-refractivity contribution in [1.29, 1.82) is 0 Å². The van der Waals surface area contributed by atoms with Crippen molar-refractivity contribution in [2.24, 2.45) is 0 Å². The van der Waals surface area contributed by atoms with Crippen LogP contribution in [0.3, 0.4) is 0 Å². The normalized spacial score (nSPS) is 14.9. The summed E-state index contributed by atoms with van der Waals surface area (Å²) in [6.07, 6.45) is 2.78. The van der Waals surface area contributed by atoms with Crippen molar-refractivity contribution >= 4 is 43.2 Å². The second-order valence-electron chi connectivity index (χ2n) is 8.01. The molecule has 33 heavy (non-hydrogen) atoms. The van der Waals surface area contributed by atoms with Gasteiger partial charge in [0.05, 0.1) is 15.1 Å². The fourth-order valence-electron chi connectivity index (χ4n) is 3.95. The predicted molar refractivity (Wildman–Crippen MR) is 132 cm³/mol. The molecule has 1 N–H and O–H groups in total. The third kappa shape index (κ3) is 4.55. The number of nitrogens with zero attached hydrogens (tertiary/aromatic N) is 2. The first-order chi connectivity index (χ1) is 16.0. The zero-order valence-corrected chi connectivity index (χ0v) is 19.5. The summed E-state index contributed by atoms with van der Waals surface area (Å²) in [6, 6.07) is 21.7. The first kappa shape index (κ1) is 21.8. The number of benzene rings is 3. The third-order valence-electron chi connectivity index (χ3n) is 5.73. The Balaban J connectivity index is 1.32. The van der Waals surface area contributed by atoms with Crippen molar-refractivity contribution in [3.05, 3.63) is 78.4 Å². The summed E-state index contributed by atoms with van der Waals surface area (Å²) in [6.45, 7) is 1.06. The highest BCUT2D eigenvalue weighted by molar-refractivity contribution is 7.89. The van der Waals surface area contributed by atoms with Crippen molar-refractivity contribution in [1.82, 2.24) is 9.29 Å². The van der Waals surface area contributed by atoms with Gasteiger partial charge in [0.15, 0.2) is 0 Å². The van der Waals surface area contributed by atoms with Crippen LogP contribution in [-0.2, 0) is 10.0 Å². The van der Waals surface area contributed by atoms with Gasteiger partial charge in [-0.2, -0.15) is 4.31 Å². The summed E-state index contributed by atoms with van der Waals surface area (Å²) in [5.41, 5.74) is 2.88. The Kier molecular flexibility index (Phi) is 5.97. The highest BCUT2D eigenvalue weighted by Gasteiger charge is 2.26. The number of hydrogen-bond acceptors (Lipinski definition) is 5. The van der Waals surface area contributed by atoms with Crippen LogP contribution >= 0.6 is 11.3 Å². The number of piperidine rings is 1. The highest BCUT2D eigenvalue weighted by Crippen LogP contribution is 2.30. The number of sulfonamides is 1. The van der Waals surface area contributed by atoms with Crippen molar-refractivity contribution < 1.29 is 13.2 Å². The van der Waals surface area contributed by atoms with Crippen LogP contribution in [0.15, 0.2) is 77.7 Å². The first-order valence-corrected chi connectivity index (χ1v) is 13.1. The van der Waals surface area contributed by atoms with E-state index in [4.69, 9.17) is 0 Å². The molecule has 1 saturated heterocycles. The van der Waals surface area contributed by atoms with E-state index in [0.717, 1.165) is 40.1 Å². The molecule has 5 rings (SSSR count). The van der Waals surface area contributed by atoms with Gasteiger partial charge in [-0.25, -0.2) is 13.4 Å². The summed E-state index contributed by atoms with van der Waals surface area (Å²) in [5.74, 6) is -0.349. The molecule has 0 atom stereocenters. The van der Waals surface area contributed by atoms with Crippen LogP contribution in [0.4, 0.5) is 5.69 Å². The number of nitrogens with one attached hydrogen (secondary N) is 1. The molecule has 0 aliphatic carbocycles. The Hall–Kier alpha value is -3.07. The molecule has 1 fully saturated rings. The zero-order chi connectivity index (χ0) is 22.8. The molecule has 1 amide bonds. The van der Waals surface area contributed by atoms with Gasteiger partial charge < -0.3 is 5.32 Å². The lowest BCUT2D eigenvalue weighted by Gasteiger charge is -2.26. The first-order valence-electron chi connectivity index (χ1n) is 10.9. The second-order valence-corrected chi connectivity index (χ2v) is 11.0. The van der Waals surface area contributed by atoms with Gasteiger partial charge in [-0.15, -0.1) is 11.3 Å². The number of anilines is 1. The number of para-hydroxylation sites is 1. The minimum absolute atomic E-state index is 0.156. The molecule has 1 aliphatic heterocycles. The third-order valence-corrected chi connectivity index (χ3v) is 8.71. The molecular weight excluding hydrogens is 454 g/mol. The topological polar surface area (TPSA) is 79.4 Å². The van der Waals surface area contributed by atoms with Crippen LogP contribution in [0.2, 0.25) is 0 Å². The van der Waals surface area contributed by atoms with Crippen LogP contribution in [-0.4, -0.2) is 36.7 Å². The Morgan fingerprint density at radius 3 is 2.42 bits per heavy atom. The fourth-order valence-corrected chi connectivity index (χ4v) is 6.48. The van der Waals surface area contributed by atoms with E-state index in [1.165, 1.54) is 10.4 Å². The van der Waals surface area contributed by atoms with Gasteiger partial charge in [0.2, 0.25) is 10.0 Å².